The summed E-state index contributed by atoms with van der Waals surface area (Å²) in [4.78, 5) is 22.4. The zero-order valence-electron chi connectivity index (χ0n) is 12.2. The molecule has 0 aliphatic rings. The van der Waals surface area contributed by atoms with Crippen LogP contribution >= 0.6 is 0 Å². The molecule has 1 atom stereocenters. The van der Waals surface area contributed by atoms with Gasteiger partial charge < -0.3 is 10.4 Å². The summed E-state index contributed by atoms with van der Waals surface area (Å²) in [6.45, 7) is 4.83. The van der Waals surface area contributed by atoms with Crippen molar-refractivity contribution >= 4 is 21.7 Å². The highest BCUT2D eigenvalue weighted by molar-refractivity contribution is 7.92. The van der Waals surface area contributed by atoms with Crippen molar-refractivity contribution in [2.75, 3.05) is 0 Å². The first-order valence-corrected chi connectivity index (χ1v) is 8.04. The molecule has 0 radical (unpaired) electrons. The van der Waals surface area contributed by atoms with Gasteiger partial charge in [0.25, 0.3) is 0 Å². The molecule has 1 aromatic rings. The predicted octanol–water partition coefficient (Wildman–Crippen LogP) is 1.00. The Labute approximate surface area is 124 Å². The number of carbonyl (C=O) groups excluding carboxylic acids is 1. The number of carboxylic acid groups (broad SMARTS) is 1. The number of carboxylic acids is 1. The Morgan fingerprint density at radius 3 is 2.10 bits per heavy atom. The van der Waals surface area contributed by atoms with E-state index in [-0.39, 0.29) is 17.4 Å². The number of rotatable bonds is 6. The van der Waals surface area contributed by atoms with Gasteiger partial charge in [0.15, 0.2) is 9.84 Å². The lowest BCUT2D eigenvalue weighted by atomic mass is 10.2. The van der Waals surface area contributed by atoms with Gasteiger partial charge in [-0.1, -0.05) is 12.1 Å². The van der Waals surface area contributed by atoms with E-state index in [1.807, 2.05) is 0 Å². The Morgan fingerprint density at radius 2 is 1.67 bits per heavy atom. The van der Waals surface area contributed by atoms with E-state index in [9.17, 15) is 18.0 Å². The van der Waals surface area contributed by atoms with Crippen LogP contribution in [0.25, 0.3) is 0 Å². The fourth-order valence-electron chi connectivity index (χ4n) is 1.72. The number of benzene rings is 1. The van der Waals surface area contributed by atoms with Crippen molar-refractivity contribution in [2.45, 2.75) is 43.4 Å². The minimum absolute atomic E-state index is 0.00282. The highest BCUT2D eigenvalue weighted by atomic mass is 32.2. The Kier molecular flexibility index (Phi) is 5.48. The molecule has 21 heavy (non-hydrogen) atoms. The molecule has 1 unspecified atom stereocenters. The second-order valence-corrected chi connectivity index (χ2v) is 7.33. The van der Waals surface area contributed by atoms with Crippen LogP contribution in [0.15, 0.2) is 29.2 Å². The van der Waals surface area contributed by atoms with Crippen LogP contribution in [0.4, 0.5) is 0 Å². The molecular formula is C14H19NO5S. The van der Waals surface area contributed by atoms with Gasteiger partial charge in [0.05, 0.1) is 11.3 Å². The van der Waals surface area contributed by atoms with E-state index in [1.54, 1.807) is 13.8 Å². The van der Waals surface area contributed by atoms with Gasteiger partial charge in [0, 0.05) is 6.04 Å². The fraction of sp³-hybridized carbons (Fsp3) is 0.429. The topological polar surface area (TPSA) is 101 Å². The molecule has 1 amide bonds. The Hall–Kier alpha value is -1.89. The molecule has 1 aromatic carbocycles. The number of hydrogen-bond acceptors (Lipinski definition) is 4. The van der Waals surface area contributed by atoms with E-state index in [0.29, 0.717) is 5.56 Å². The number of amides is 1. The second-order valence-electron chi connectivity index (χ2n) is 5.06. The van der Waals surface area contributed by atoms with Gasteiger partial charge in [0.1, 0.15) is 5.25 Å². The molecule has 1 rings (SSSR count). The van der Waals surface area contributed by atoms with Crippen LogP contribution in [-0.2, 0) is 25.8 Å². The van der Waals surface area contributed by atoms with E-state index < -0.39 is 27.0 Å². The van der Waals surface area contributed by atoms with Gasteiger partial charge in [-0.3, -0.25) is 9.59 Å². The van der Waals surface area contributed by atoms with Crippen LogP contribution < -0.4 is 5.32 Å². The molecule has 0 aromatic heterocycles. The smallest absolute Gasteiger partial charge is 0.307 e. The summed E-state index contributed by atoms with van der Waals surface area (Å²) in [7, 11) is -3.79. The quantitative estimate of drug-likeness (QED) is 0.816. The number of aliphatic carboxylic acids is 1. The van der Waals surface area contributed by atoms with Gasteiger partial charge in [-0.05, 0) is 38.5 Å². The minimum atomic E-state index is -3.79. The summed E-state index contributed by atoms with van der Waals surface area (Å²) in [6, 6.07) is 5.38. The van der Waals surface area contributed by atoms with Crippen molar-refractivity contribution in [2.24, 2.45) is 0 Å². The lowest BCUT2D eigenvalue weighted by Gasteiger charge is -2.15. The van der Waals surface area contributed by atoms with Crippen LogP contribution in [0.2, 0.25) is 0 Å². The number of nitrogens with one attached hydrogen (secondary N) is 1. The van der Waals surface area contributed by atoms with Crippen LogP contribution in [0.1, 0.15) is 26.3 Å². The average molecular weight is 313 g/mol. The summed E-state index contributed by atoms with van der Waals surface area (Å²) in [6.07, 6.45) is -0.177. The van der Waals surface area contributed by atoms with Gasteiger partial charge >= 0.3 is 5.97 Å². The molecule has 0 saturated carbocycles. The monoisotopic (exact) mass is 313 g/mol. The molecule has 7 heteroatoms. The molecule has 0 fully saturated rings. The van der Waals surface area contributed by atoms with Crippen LogP contribution in [0.5, 0.6) is 0 Å². The summed E-state index contributed by atoms with van der Waals surface area (Å²) in [5, 5.41) is 10.0. The van der Waals surface area contributed by atoms with Crippen molar-refractivity contribution in [1.82, 2.24) is 5.32 Å². The lowest BCUT2D eigenvalue weighted by Crippen LogP contribution is -2.41. The largest absolute Gasteiger partial charge is 0.481 e. The molecule has 0 spiro atoms. The highest BCUT2D eigenvalue weighted by Crippen LogP contribution is 2.17. The van der Waals surface area contributed by atoms with Crippen molar-refractivity contribution in [3.8, 4) is 0 Å². The third-order valence-corrected chi connectivity index (χ3v) is 4.95. The SMILES string of the molecule is CC(C)NC(=O)C(C)S(=O)(=O)c1ccc(CC(=O)O)cc1. The summed E-state index contributed by atoms with van der Waals surface area (Å²) in [5.74, 6) is -1.55. The third-order valence-electron chi connectivity index (χ3n) is 2.87. The maximum absolute atomic E-state index is 12.3. The summed E-state index contributed by atoms with van der Waals surface area (Å²) < 4.78 is 24.6. The molecular weight excluding hydrogens is 294 g/mol. The van der Waals surface area contributed by atoms with Gasteiger partial charge in [-0.2, -0.15) is 0 Å². The zero-order valence-corrected chi connectivity index (χ0v) is 13.0. The molecule has 0 aliphatic carbocycles. The van der Waals surface area contributed by atoms with E-state index in [1.165, 1.54) is 31.2 Å². The number of sulfone groups is 1. The summed E-state index contributed by atoms with van der Waals surface area (Å²) >= 11 is 0. The van der Waals surface area contributed by atoms with Crippen LogP contribution in [0, 0.1) is 0 Å². The Bertz CT molecular complexity index is 619. The molecule has 0 heterocycles. The van der Waals surface area contributed by atoms with Gasteiger partial charge in [-0.25, -0.2) is 8.42 Å². The zero-order chi connectivity index (χ0) is 16.2. The fourth-order valence-corrected chi connectivity index (χ4v) is 2.99. The molecule has 0 aliphatic heterocycles. The maximum atomic E-state index is 12.3. The Balaban J connectivity index is 2.97. The summed E-state index contributed by atoms with van der Waals surface area (Å²) in [5.41, 5.74) is 0.501. The minimum Gasteiger partial charge on any atom is -0.481 e. The first kappa shape index (κ1) is 17.2. The molecule has 0 saturated heterocycles. The normalized spacial score (nSPS) is 13.0. The third kappa shape index (κ3) is 4.56. The Morgan fingerprint density at radius 1 is 1.14 bits per heavy atom. The van der Waals surface area contributed by atoms with Gasteiger partial charge in [0.2, 0.25) is 5.91 Å². The van der Waals surface area contributed by atoms with E-state index >= 15 is 0 Å². The van der Waals surface area contributed by atoms with Crippen molar-refractivity contribution in [1.29, 1.82) is 0 Å². The molecule has 2 N–H and O–H groups in total. The first-order valence-electron chi connectivity index (χ1n) is 6.49. The predicted molar refractivity (Wildman–Crippen MR) is 77.7 cm³/mol. The average Bonchev–Trinajstić information content (AvgIpc) is 2.36. The maximum Gasteiger partial charge on any atom is 0.307 e. The van der Waals surface area contributed by atoms with Gasteiger partial charge in [-0.15, -0.1) is 0 Å². The van der Waals surface area contributed by atoms with Crippen molar-refractivity contribution < 1.29 is 23.1 Å². The van der Waals surface area contributed by atoms with E-state index in [4.69, 9.17) is 5.11 Å². The van der Waals surface area contributed by atoms with E-state index in [0.717, 1.165) is 0 Å². The molecule has 0 bridgehead atoms. The number of hydrogen-bond donors (Lipinski definition) is 2. The van der Waals surface area contributed by atoms with Crippen molar-refractivity contribution in [3.05, 3.63) is 29.8 Å². The van der Waals surface area contributed by atoms with Crippen LogP contribution in [-0.4, -0.2) is 36.7 Å². The second kappa shape index (κ2) is 6.71. The molecule has 116 valence electrons. The van der Waals surface area contributed by atoms with Crippen LogP contribution in [0.3, 0.4) is 0 Å². The highest BCUT2D eigenvalue weighted by Gasteiger charge is 2.29. The van der Waals surface area contributed by atoms with Crippen molar-refractivity contribution in [3.63, 3.8) is 0 Å². The first-order chi connectivity index (χ1) is 9.64. The number of carbonyl (C=O) groups is 2. The lowest BCUT2D eigenvalue weighted by molar-refractivity contribution is -0.136. The van der Waals surface area contributed by atoms with E-state index in [2.05, 4.69) is 5.32 Å². The molecule has 6 nitrogen and oxygen atoms in total. The standard InChI is InChI=1S/C14H19NO5S/c1-9(2)15-14(18)10(3)21(19,20)12-6-4-11(5-7-12)8-13(16)17/h4-7,9-10H,8H2,1-3H3,(H,15,18)(H,16,17).